The van der Waals surface area contributed by atoms with Crippen LogP contribution in [0.2, 0.25) is 0 Å². The molecular weight excluding hydrogens is 328 g/mol. The number of aromatic nitrogens is 1. The molecule has 1 aromatic carbocycles. The summed E-state index contributed by atoms with van der Waals surface area (Å²) >= 11 is 0. The van der Waals surface area contributed by atoms with E-state index >= 15 is 0 Å². The van der Waals surface area contributed by atoms with Gasteiger partial charge in [0.15, 0.2) is 0 Å². The van der Waals surface area contributed by atoms with Crippen molar-refractivity contribution in [1.29, 1.82) is 5.26 Å². The summed E-state index contributed by atoms with van der Waals surface area (Å²) in [5, 5.41) is 12.2. The van der Waals surface area contributed by atoms with E-state index < -0.39 is 0 Å². The van der Waals surface area contributed by atoms with Crippen LogP contribution in [0.5, 0.6) is 5.75 Å². The molecule has 0 spiro atoms. The minimum atomic E-state index is 0.0616. The molecule has 6 nitrogen and oxygen atoms in total. The Balaban J connectivity index is 1.52. The summed E-state index contributed by atoms with van der Waals surface area (Å²) in [6, 6.07) is 13.2. The predicted molar refractivity (Wildman–Crippen MR) is 99.1 cm³/mol. The molecule has 0 bridgehead atoms. The molecule has 6 heteroatoms. The lowest BCUT2D eigenvalue weighted by Gasteiger charge is -2.33. The molecule has 1 N–H and O–H groups in total. The fourth-order valence-corrected chi connectivity index (χ4v) is 3.05. The van der Waals surface area contributed by atoms with Crippen molar-refractivity contribution in [3.8, 4) is 11.8 Å². The number of carbonyl (C=O) groups is 1. The first-order chi connectivity index (χ1) is 12.7. The highest BCUT2D eigenvalue weighted by Crippen LogP contribution is 2.19. The molecule has 2 aromatic rings. The number of anilines is 1. The number of pyridine rings is 1. The molecule has 0 aliphatic carbocycles. The van der Waals surface area contributed by atoms with Gasteiger partial charge < -0.3 is 15.0 Å². The van der Waals surface area contributed by atoms with Crippen molar-refractivity contribution in [3.63, 3.8) is 0 Å². The topological polar surface area (TPSA) is 78.2 Å². The van der Waals surface area contributed by atoms with Crippen molar-refractivity contribution in [3.05, 3.63) is 53.9 Å². The minimum Gasteiger partial charge on any atom is -0.494 e. The maximum absolute atomic E-state index is 12.6. The average Bonchev–Trinajstić information content (AvgIpc) is 2.69. The highest BCUT2D eigenvalue weighted by Gasteiger charge is 2.23. The summed E-state index contributed by atoms with van der Waals surface area (Å²) in [4.78, 5) is 18.6. The van der Waals surface area contributed by atoms with Crippen LogP contribution in [0.1, 0.15) is 35.8 Å². The number of nitrogens with one attached hydrogen (secondary N) is 1. The van der Waals surface area contributed by atoms with Gasteiger partial charge in [0, 0.05) is 24.7 Å². The van der Waals surface area contributed by atoms with E-state index in [1.807, 2.05) is 48.2 Å². The second kappa shape index (κ2) is 8.34. The first-order valence-corrected chi connectivity index (χ1v) is 8.84. The molecule has 0 radical (unpaired) electrons. The molecule has 3 rings (SSSR count). The highest BCUT2D eigenvalue weighted by atomic mass is 16.5. The van der Waals surface area contributed by atoms with Crippen molar-refractivity contribution in [2.24, 2.45) is 0 Å². The van der Waals surface area contributed by atoms with E-state index in [0.717, 1.165) is 24.3 Å². The van der Waals surface area contributed by atoms with Crippen LogP contribution in [0.4, 0.5) is 5.69 Å². The van der Waals surface area contributed by atoms with Gasteiger partial charge in [0.05, 0.1) is 18.5 Å². The Bertz CT molecular complexity index is 773. The lowest BCUT2D eigenvalue weighted by molar-refractivity contribution is 0.0718. The van der Waals surface area contributed by atoms with Crippen molar-refractivity contribution >= 4 is 11.6 Å². The van der Waals surface area contributed by atoms with E-state index in [1.165, 1.54) is 0 Å². The third kappa shape index (κ3) is 4.31. The molecule has 0 unspecified atom stereocenters. The number of ether oxygens (including phenoxy) is 1. The van der Waals surface area contributed by atoms with Crippen molar-refractivity contribution in [2.75, 3.05) is 25.0 Å². The van der Waals surface area contributed by atoms with Gasteiger partial charge in [-0.2, -0.15) is 5.26 Å². The molecule has 1 saturated heterocycles. The number of benzene rings is 1. The van der Waals surface area contributed by atoms with E-state index in [9.17, 15) is 4.79 Å². The lowest BCUT2D eigenvalue weighted by atomic mass is 10.0. The Morgan fingerprint density at radius 1 is 1.27 bits per heavy atom. The van der Waals surface area contributed by atoms with Crippen LogP contribution < -0.4 is 10.1 Å². The first-order valence-electron chi connectivity index (χ1n) is 8.84. The van der Waals surface area contributed by atoms with Crippen LogP contribution in [-0.2, 0) is 0 Å². The monoisotopic (exact) mass is 350 g/mol. The van der Waals surface area contributed by atoms with E-state index in [2.05, 4.69) is 10.3 Å². The van der Waals surface area contributed by atoms with Gasteiger partial charge in [-0.3, -0.25) is 4.79 Å². The molecule has 2 heterocycles. The Morgan fingerprint density at radius 3 is 2.58 bits per heavy atom. The van der Waals surface area contributed by atoms with Gasteiger partial charge in [0.2, 0.25) is 0 Å². The number of hydrogen-bond acceptors (Lipinski definition) is 5. The Kier molecular flexibility index (Phi) is 5.69. The number of amides is 1. The van der Waals surface area contributed by atoms with Gasteiger partial charge in [-0.15, -0.1) is 0 Å². The van der Waals surface area contributed by atoms with E-state index in [-0.39, 0.29) is 5.91 Å². The summed E-state index contributed by atoms with van der Waals surface area (Å²) in [7, 11) is 0. The largest absolute Gasteiger partial charge is 0.494 e. The van der Waals surface area contributed by atoms with Crippen LogP contribution in [0, 0.1) is 11.3 Å². The molecule has 1 amide bonds. The Hall–Kier alpha value is -3.07. The number of likely N-dealkylation sites (tertiary alicyclic amines) is 1. The fraction of sp³-hybridized carbons (Fsp3) is 0.350. The maximum atomic E-state index is 12.6. The van der Waals surface area contributed by atoms with Gasteiger partial charge >= 0.3 is 0 Å². The smallest absolute Gasteiger partial charge is 0.253 e. The number of rotatable bonds is 5. The van der Waals surface area contributed by atoms with Crippen molar-refractivity contribution in [2.45, 2.75) is 25.8 Å². The molecular formula is C20H22N4O2. The third-order valence-electron chi connectivity index (χ3n) is 4.44. The highest BCUT2D eigenvalue weighted by molar-refractivity contribution is 5.94. The number of nitriles is 1. The van der Waals surface area contributed by atoms with E-state index in [4.69, 9.17) is 10.00 Å². The van der Waals surface area contributed by atoms with Crippen molar-refractivity contribution in [1.82, 2.24) is 9.88 Å². The summed E-state index contributed by atoms with van der Waals surface area (Å²) in [5.41, 5.74) is 2.00. The zero-order valence-corrected chi connectivity index (χ0v) is 14.8. The summed E-state index contributed by atoms with van der Waals surface area (Å²) in [5.74, 6) is 0.842. The second-order valence-electron chi connectivity index (χ2n) is 6.21. The average molecular weight is 350 g/mol. The molecule has 26 heavy (non-hydrogen) atoms. The van der Waals surface area contributed by atoms with E-state index in [1.54, 1.807) is 12.3 Å². The zero-order valence-electron chi connectivity index (χ0n) is 14.8. The molecule has 1 aliphatic rings. The Labute approximate surface area is 153 Å². The maximum Gasteiger partial charge on any atom is 0.253 e. The molecule has 0 atom stereocenters. The molecule has 1 aliphatic heterocycles. The van der Waals surface area contributed by atoms with Gasteiger partial charge in [-0.1, -0.05) is 0 Å². The summed E-state index contributed by atoms with van der Waals surface area (Å²) in [6.07, 6.45) is 3.43. The van der Waals surface area contributed by atoms with Gasteiger partial charge in [-0.25, -0.2) is 4.98 Å². The second-order valence-corrected chi connectivity index (χ2v) is 6.21. The number of nitrogens with zero attached hydrogens (tertiary/aromatic N) is 3. The van der Waals surface area contributed by atoms with Gasteiger partial charge in [-0.05, 0) is 56.2 Å². The Morgan fingerprint density at radius 2 is 2.00 bits per heavy atom. The normalized spacial score (nSPS) is 14.5. The van der Waals surface area contributed by atoms with Gasteiger partial charge in [0.1, 0.15) is 17.5 Å². The van der Waals surface area contributed by atoms with Crippen LogP contribution in [0.15, 0.2) is 42.6 Å². The van der Waals surface area contributed by atoms with Gasteiger partial charge in [0.25, 0.3) is 5.91 Å². The SMILES string of the molecule is CCOc1ccc(C(=O)N2CCC(Nc3ccc(C#N)nc3)CC2)cc1. The van der Waals surface area contributed by atoms with Crippen LogP contribution >= 0.6 is 0 Å². The fourth-order valence-electron chi connectivity index (χ4n) is 3.05. The predicted octanol–water partition coefficient (Wildman–Crippen LogP) is 3.07. The molecule has 1 aromatic heterocycles. The van der Waals surface area contributed by atoms with Crippen molar-refractivity contribution < 1.29 is 9.53 Å². The van der Waals surface area contributed by atoms with E-state index in [0.29, 0.717) is 37.0 Å². The third-order valence-corrected chi connectivity index (χ3v) is 4.44. The molecule has 134 valence electrons. The number of hydrogen-bond donors (Lipinski definition) is 1. The van der Waals surface area contributed by atoms with Crippen LogP contribution in [0.25, 0.3) is 0 Å². The molecule has 1 fully saturated rings. The van der Waals surface area contributed by atoms with Crippen LogP contribution in [-0.4, -0.2) is 41.5 Å². The molecule has 0 saturated carbocycles. The van der Waals surface area contributed by atoms with Crippen LogP contribution in [0.3, 0.4) is 0 Å². The first kappa shape index (κ1) is 17.7. The summed E-state index contributed by atoms with van der Waals surface area (Å²) in [6.45, 7) is 3.98. The quantitative estimate of drug-likeness (QED) is 0.896. The zero-order chi connectivity index (χ0) is 18.4. The lowest BCUT2D eigenvalue weighted by Crippen LogP contribution is -2.42. The number of carbonyl (C=O) groups excluding carboxylic acids is 1. The standard InChI is InChI=1S/C20H22N4O2/c1-2-26-19-7-3-15(4-8-19)20(25)24-11-9-16(10-12-24)23-18-6-5-17(13-21)22-14-18/h3-8,14,16,23H,2,9-12H2,1H3. The number of piperidine rings is 1. The minimum absolute atomic E-state index is 0.0616. The summed E-state index contributed by atoms with van der Waals surface area (Å²) < 4.78 is 5.42.